The quantitative estimate of drug-likeness (QED) is 0.525. The molecule has 176 valence electrons. The van der Waals surface area contributed by atoms with E-state index in [9.17, 15) is 19.5 Å². The van der Waals surface area contributed by atoms with E-state index < -0.39 is 29.6 Å². The molecule has 0 saturated carbocycles. The van der Waals surface area contributed by atoms with E-state index in [2.05, 4.69) is 17.2 Å². The first-order valence-electron chi connectivity index (χ1n) is 10.5. The predicted octanol–water partition coefficient (Wildman–Crippen LogP) is 3.92. The molecule has 2 aromatic rings. The van der Waals surface area contributed by atoms with Crippen molar-refractivity contribution in [2.45, 2.75) is 39.3 Å². The van der Waals surface area contributed by atoms with Crippen LogP contribution in [0, 0.1) is 6.92 Å². The van der Waals surface area contributed by atoms with Crippen LogP contribution in [-0.2, 0) is 14.3 Å². The van der Waals surface area contributed by atoms with Gasteiger partial charge in [0.15, 0.2) is 0 Å². The molecule has 2 rings (SSSR count). The first kappa shape index (κ1) is 25.5. The Balaban J connectivity index is 2.33. The van der Waals surface area contributed by atoms with Gasteiger partial charge in [-0.05, 0) is 57.0 Å². The lowest BCUT2D eigenvalue weighted by Gasteiger charge is -2.31. The van der Waals surface area contributed by atoms with Crippen LogP contribution in [0.5, 0.6) is 5.75 Å². The van der Waals surface area contributed by atoms with Crippen molar-refractivity contribution in [2.75, 3.05) is 18.4 Å². The zero-order valence-corrected chi connectivity index (χ0v) is 19.4. The number of ether oxygens (including phenoxy) is 1. The van der Waals surface area contributed by atoms with Crippen LogP contribution in [0.4, 0.5) is 10.5 Å². The largest absolute Gasteiger partial charge is 0.508 e. The maximum atomic E-state index is 13.4. The molecular weight excluding hydrogens is 422 g/mol. The third-order valence-electron chi connectivity index (χ3n) is 4.58. The highest BCUT2D eigenvalue weighted by molar-refractivity contribution is 5.99. The Morgan fingerprint density at radius 2 is 1.85 bits per heavy atom. The number of hydrogen-bond donors (Lipinski definition) is 3. The maximum Gasteiger partial charge on any atom is 0.408 e. The Kier molecular flexibility index (Phi) is 8.62. The van der Waals surface area contributed by atoms with Gasteiger partial charge in [0.2, 0.25) is 5.91 Å². The van der Waals surface area contributed by atoms with E-state index >= 15 is 0 Å². The van der Waals surface area contributed by atoms with Crippen LogP contribution < -0.4 is 10.6 Å². The molecule has 0 heterocycles. The van der Waals surface area contributed by atoms with E-state index in [0.29, 0.717) is 11.3 Å². The number of hydrogen-bond acceptors (Lipinski definition) is 5. The third-order valence-corrected chi connectivity index (χ3v) is 4.58. The second-order valence-electron chi connectivity index (χ2n) is 8.49. The van der Waals surface area contributed by atoms with Crippen molar-refractivity contribution >= 4 is 23.6 Å². The van der Waals surface area contributed by atoms with Crippen molar-refractivity contribution in [2.24, 2.45) is 0 Å². The van der Waals surface area contributed by atoms with Crippen LogP contribution in [0.1, 0.15) is 37.9 Å². The fraction of sp³-hybridized carbons (Fsp3) is 0.320. The molecule has 1 atom stereocenters. The fourth-order valence-electron chi connectivity index (χ4n) is 3.14. The Hall–Kier alpha value is -3.81. The number of alkyl carbamates (subject to hydrolysis) is 1. The van der Waals surface area contributed by atoms with Crippen molar-refractivity contribution < 1.29 is 24.2 Å². The van der Waals surface area contributed by atoms with Gasteiger partial charge >= 0.3 is 6.09 Å². The number of nitrogens with one attached hydrogen (secondary N) is 2. The van der Waals surface area contributed by atoms with Gasteiger partial charge in [-0.2, -0.15) is 0 Å². The number of benzene rings is 2. The highest BCUT2D eigenvalue weighted by atomic mass is 16.6. The lowest BCUT2D eigenvalue weighted by Crippen LogP contribution is -2.46. The van der Waals surface area contributed by atoms with Gasteiger partial charge in [-0.3, -0.25) is 9.59 Å². The normalized spacial score (nSPS) is 11.8. The summed E-state index contributed by atoms with van der Waals surface area (Å²) in [6, 6.07) is 12.3. The molecule has 0 fully saturated rings. The average molecular weight is 454 g/mol. The number of aromatic hydroxyl groups is 1. The molecule has 1 unspecified atom stereocenters. The van der Waals surface area contributed by atoms with Gasteiger partial charge in [0, 0.05) is 12.2 Å². The second-order valence-corrected chi connectivity index (χ2v) is 8.49. The number of carbonyl (C=O) groups excluding carboxylic acids is 3. The molecule has 3 N–H and O–H groups in total. The average Bonchev–Trinajstić information content (AvgIpc) is 2.72. The molecule has 0 bridgehead atoms. The summed E-state index contributed by atoms with van der Waals surface area (Å²) in [4.78, 5) is 39.8. The highest BCUT2D eigenvalue weighted by Gasteiger charge is 2.31. The van der Waals surface area contributed by atoms with Crippen molar-refractivity contribution in [3.05, 3.63) is 72.3 Å². The molecule has 0 saturated heterocycles. The van der Waals surface area contributed by atoms with Crippen LogP contribution in [0.25, 0.3) is 0 Å². The number of phenolic OH excluding ortho intramolecular Hbond substituents is 1. The van der Waals surface area contributed by atoms with Crippen LogP contribution in [0.3, 0.4) is 0 Å². The summed E-state index contributed by atoms with van der Waals surface area (Å²) in [5, 5.41) is 15.3. The zero-order chi connectivity index (χ0) is 24.6. The number of carbonyl (C=O) groups is 3. The lowest BCUT2D eigenvalue weighted by molar-refractivity contribution is -0.137. The predicted molar refractivity (Wildman–Crippen MR) is 127 cm³/mol. The number of aryl methyl sites for hydroxylation is 1. The summed E-state index contributed by atoms with van der Waals surface area (Å²) < 4.78 is 5.18. The highest BCUT2D eigenvalue weighted by Crippen LogP contribution is 2.27. The van der Waals surface area contributed by atoms with Crippen molar-refractivity contribution in [3.8, 4) is 5.75 Å². The number of rotatable bonds is 8. The summed E-state index contributed by atoms with van der Waals surface area (Å²) in [5.41, 5.74) is 1.15. The van der Waals surface area contributed by atoms with Crippen molar-refractivity contribution in [3.63, 3.8) is 0 Å². The SMILES string of the molecule is C=CCN(C(=O)CNC(=O)OC(C)(C)C)C(C(=O)Nc1ccccc1C)c1cccc(O)c1. The minimum atomic E-state index is -1.08. The van der Waals surface area contributed by atoms with E-state index in [1.54, 1.807) is 45.0 Å². The van der Waals surface area contributed by atoms with Gasteiger partial charge in [-0.15, -0.1) is 6.58 Å². The third kappa shape index (κ3) is 7.68. The molecule has 3 amide bonds. The number of nitrogens with zero attached hydrogens (tertiary/aromatic N) is 1. The van der Waals surface area contributed by atoms with Gasteiger partial charge < -0.3 is 25.4 Å². The van der Waals surface area contributed by atoms with Gasteiger partial charge in [0.1, 0.15) is 23.9 Å². The van der Waals surface area contributed by atoms with Crippen molar-refractivity contribution in [1.82, 2.24) is 10.2 Å². The standard InChI is InChI=1S/C25H31N3O5/c1-6-14-28(21(30)16-26-24(32)33-25(3,4)5)22(18-11-9-12-19(29)15-18)23(31)27-20-13-8-7-10-17(20)2/h6-13,15,22,29H,1,14,16H2,2-5H3,(H,26,32)(H,27,31). The summed E-state index contributed by atoms with van der Waals surface area (Å²) in [7, 11) is 0. The number of para-hydroxylation sites is 1. The van der Waals surface area contributed by atoms with Crippen LogP contribution in [0.15, 0.2) is 61.2 Å². The smallest absolute Gasteiger partial charge is 0.408 e. The molecule has 0 aromatic heterocycles. The number of amides is 3. The molecule has 0 aliphatic rings. The van der Waals surface area contributed by atoms with E-state index in [4.69, 9.17) is 4.74 Å². The molecule has 0 spiro atoms. The van der Waals surface area contributed by atoms with E-state index in [-0.39, 0.29) is 18.8 Å². The molecule has 8 nitrogen and oxygen atoms in total. The minimum Gasteiger partial charge on any atom is -0.508 e. The Morgan fingerprint density at radius 3 is 2.45 bits per heavy atom. The number of anilines is 1. The molecule has 0 radical (unpaired) electrons. The second kappa shape index (κ2) is 11.2. The molecular formula is C25H31N3O5. The summed E-state index contributed by atoms with van der Waals surface area (Å²) in [6.45, 7) is 10.4. The van der Waals surface area contributed by atoms with Crippen LogP contribution >= 0.6 is 0 Å². The molecule has 33 heavy (non-hydrogen) atoms. The zero-order valence-electron chi connectivity index (χ0n) is 19.4. The maximum absolute atomic E-state index is 13.4. The lowest BCUT2D eigenvalue weighted by atomic mass is 10.0. The first-order valence-corrected chi connectivity index (χ1v) is 10.5. The van der Waals surface area contributed by atoms with E-state index in [0.717, 1.165) is 5.56 Å². The Morgan fingerprint density at radius 1 is 1.15 bits per heavy atom. The van der Waals surface area contributed by atoms with Crippen molar-refractivity contribution in [1.29, 1.82) is 0 Å². The Labute approximate surface area is 194 Å². The van der Waals surface area contributed by atoms with Crippen LogP contribution in [0.2, 0.25) is 0 Å². The summed E-state index contributed by atoms with van der Waals surface area (Å²) in [5.74, 6) is -1.03. The summed E-state index contributed by atoms with van der Waals surface area (Å²) >= 11 is 0. The van der Waals surface area contributed by atoms with Gasteiger partial charge in [0.05, 0.1) is 0 Å². The topological polar surface area (TPSA) is 108 Å². The Bertz CT molecular complexity index is 1010. The fourth-order valence-corrected chi connectivity index (χ4v) is 3.14. The van der Waals surface area contributed by atoms with Gasteiger partial charge in [-0.25, -0.2) is 4.79 Å². The monoisotopic (exact) mass is 453 g/mol. The molecule has 0 aliphatic heterocycles. The van der Waals surface area contributed by atoms with Crippen LogP contribution in [-0.4, -0.2) is 46.6 Å². The van der Waals surface area contributed by atoms with Gasteiger partial charge in [0.25, 0.3) is 5.91 Å². The summed E-state index contributed by atoms with van der Waals surface area (Å²) in [6.07, 6.45) is 0.745. The number of phenols is 1. The van der Waals surface area contributed by atoms with E-state index in [1.165, 1.54) is 23.1 Å². The molecule has 0 aliphatic carbocycles. The van der Waals surface area contributed by atoms with Gasteiger partial charge in [-0.1, -0.05) is 36.4 Å². The minimum absolute atomic E-state index is 0.0380. The molecule has 2 aromatic carbocycles. The molecule has 8 heteroatoms. The van der Waals surface area contributed by atoms with E-state index in [1.807, 2.05) is 19.1 Å². The first-order chi connectivity index (χ1) is 15.5.